The van der Waals surface area contributed by atoms with Crippen LogP contribution in [0.15, 0.2) is 72.9 Å². The van der Waals surface area contributed by atoms with Crippen molar-refractivity contribution in [1.29, 1.82) is 0 Å². The maximum atomic E-state index is 13.2. The van der Waals surface area contributed by atoms with Gasteiger partial charge in [-0.2, -0.15) is 0 Å². The van der Waals surface area contributed by atoms with Crippen LogP contribution in [0.1, 0.15) is 34.5 Å². The first-order valence-electron chi connectivity index (χ1n) is 11.7. The summed E-state index contributed by atoms with van der Waals surface area (Å²) in [5.41, 5.74) is 7.55. The number of fused-ring (bicyclic) bond motifs is 4. The van der Waals surface area contributed by atoms with Crippen LogP contribution in [0.4, 0.5) is 5.69 Å². The third-order valence-corrected chi connectivity index (χ3v) is 6.98. The molecule has 4 aromatic rings. The predicted octanol–water partition coefficient (Wildman–Crippen LogP) is 4.65. The van der Waals surface area contributed by atoms with E-state index in [1.54, 1.807) is 0 Å². The van der Waals surface area contributed by atoms with Gasteiger partial charge in [-0.1, -0.05) is 30.3 Å². The quantitative estimate of drug-likeness (QED) is 0.477. The molecule has 1 saturated heterocycles. The number of nitrogens with one attached hydrogen (secondary N) is 2. The van der Waals surface area contributed by atoms with Gasteiger partial charge in [-0.05, 0) is 58.7 Å². The van der Waals surface area contributed by atoms with Gasteiger partial charge in [0.05, 0.1) is 6.04 Å². The molecule has 6 nitrogen and oxygen atoms in total. The Labute approximate surface area is 198 Å². The Kier molecular flexibility index (Phi) is 4.96. The van der Waals surface area contributed by atoms with E-state index in [0.29, 0.717) is 13.1 Å². The molecule has 1 aromatic heterocycles. The van der Waals surface area contributed by atoms with E-state index < -0.39 is 0 Å². The summed E-state index contributed by atoms with van der Waals surface area (Å²) in [5.74, 6) is 0.0138. The second-order valence-electron chi connectivity index (χ2n) is 9.08. The molecule has 1 aliphatic carbocycles. The number of aromatic nitrogens is 1. The van der Waals surface area contributed by atoms with Gasteiger partial charge in [-0.25, -0.2) is 0 Å². The maximum Gasteiger partial charge on any atom is 0.253 e. The number of benzene rings is 3. The minimum atomic E-state index is -0.0723. The smallest absolute Gasteiger partial charge is 0.253 e. The van der Waals surface area contributed by atoms with Crippen molar-refractivity contribution in [3.8, 4) is 11.1 Å². The van der Waals surface area contributed by atoms with Crippen molar-refractivity contribution in [2.45, 2.75) is 13.0 Å². The highest BCUT2D eigenvalue weighted by Crippen LogP contribution is 2.47. The lowest BCUT2D eigenvalue weighted by Crippen LogP contribution is -2.49. The Morgan fingerprint density at radius 1 is 0.882 bits per heavy atom. The number of anilines is 1. The summed E-state index contributed by atoms with van der Waals surface area (Å²) in [6, 6.07) is 22.7. The maximum absolute atomic E-state index is 13.2. The number of aromatic amines is 1. The Bertz CT molecular complexity index is 1410. The van der Waals surface area contributed by atoms with Crippen LogP contribution in [-0.4, -0.2) is 52.8 Å². The number of piperazine rings is 1. The van der Waals surface area contributed by atoms with Crippen LogP contribution in [0.3, 0.4) is 0 Å². The van der Waals surface area contributed by atoms with Crippen molar-refractivity contribution >= 4 is 28.4 Å². The highest BCUT2D eigenvalue weighted by Gasteiger charge is 2.35. The van der Waals surface area contributed by atoms with Gasteiger partial charge >= 0.3 is 0 Å². The number of H-pyrrole nitrogens is 1. The molecule has 6 heteroatoms. The summed E-state index contributed by atoms with van der Waals surface area (Å²) in [6.45, 7) is 4.48. The van der Waals surface area contributed by atoms with Crippen LogP contribution in [-0.2, 0) is 4.79 Å². The number of hydrogen-bond donors (Lipinski definition) is 2. The van der Waals surface area contributed by atoms with E-state index in [1.165, 1.54) is 29.2 Å². The molecule has 1 fully saturated rings. The molecule has 34 heavy (non-hydrogen) atoms. The lowest BCUT2D eigenvalue weighted by Gasteiger charge is -2.38. The molecule has 2 heterocycles. The molecule has 1 atom stereocenters. The third-order valence-electron chi connectivity index (χ3n) is 6.98. The van der Waals surface area contributed by atoms with Gasteiger partial charge in [0.25, 0.3) is 5.91 Å². The fourth-order valence-corrected chi connectivity index (χ4v) is 5.41. The lowest BCUT2D eigenvalue weighted by molar-refractivity contribution is -0.114. The van der Waals surface area contributed by atoms with E-state index in [9.17, 15) is 9.59 Å². The van der Waals surface area contributed by atoms with Gasteiger partial charge < -0.3 is 15.2 Å². The molecule has 2 aliphatic rings. The number of carbonyl (C=O) groups is 2. The fourth-order valence-electron chi connectivity index (χ4n) is 5.41. The number of amides is 2. The summed E-state index contributed by atoms with van der Waals surface area (Å²) in [6.07, 6.45) is 1.90. The van der Waals surface area contributed by atoms with Gasteiger partial charge in [0.2, 0.25) is 5.91 Å². The van der Waals surface area contributed by atoms with E-state index in [-0.39, 0.29) is 17.9 Å². The van der Waals surface area contributed by atoms with Gasteiger partial charge in [0.1, 0.15) is 0 Å². The number of carbonyl (C=O) groups excluding carboxylic acids is 2. The number of nitrogens with zero attached hydrogens (tertiary/aromatic N) is 2. The zero-order chi connectivity index (χ0) is 23.2. The first-order chi connectivity index (χ1) is 16.6. The standard InChI is InChI=1S/C28H26N4O2/c1-18(33)30-21-7-8-23-22-4-2-3-5-24(22)27(25(23)17-21)31-12-14-32(15-13-31)28(34)20-6-9-26-19(16-20)10-11-29-26/h2-11,16-17,27,29H,12-15H2,1H3,(H,30,33). The van der Waals surface area contributed by atoms with Crippen molar-refractivity contribution in [1.82, 2.24) is 14.8 Å². The Hall–Kier alpha value is -3.90. The summed E-state index contributed by atoms with van der Waals surface area (Å²) in [7, 11) is 0. The van der Waals surface area contributed by atoms with Gasteiger partial charge in [-0.3, -0.25) is 14.5 Å². The molecule has 0 radical (unpaired) electrons. The molecule has 6 rings (SSSR count). The summed E-state index contributed by atoms with van der Waals surface area (Å²) in [4.78, 5) is 32.4. The number of rotatable bonds is 3. The summed E-state index contributed by atoms with van der Waals surface area (Å²) < 4.78 is 0. The van der Waals surface area contributed by atoms with E-state index >= 15 is 0 Å². The molecule has 2 N–H and O–H groups in total. The molecule has 0 bridgehead atoms. The van der Waals surface area contributed by atoms with Crippen molar-refractivity contribution in [3.63, 3.8) is 0 Å². The summed E-state index contributed by atoms with van der Waals surface area (Å²) >= 11 is 0. The van der Waals surface area contributed by atoms with Crippen LogP contribution < -0.4 is 5.32 Å². The minimum Gasteiger partial charge on any atom is -0.361 e. The molecular weight excluding hydrogens is 424 g/mol. The van der Waals surface area contributed by atoms with Gasteiger partial charge in [-0.15, -0.1) is 0 Å². The zero-order valence-electron chi connectivity index (χ0n) is 19.0. The highest BCUT2D eigenvalue weighted by atomic mass is 16.2. The van der Waals surface area contributed by atoms with Crippen LogP contribution in [0.25, 0.3) is 22.0 Å². The van der Waals surface area contributed by atoms with E-state index in [4.69, 9.17) is 0 Å². The van der Waals surface area contributed by atoms with Crippen molar-refractivity contribution < 1.29 is 9.59 Å². The van der Waals surface area contributed by atoms with E-state index in [0.717, 1.165) is 35.2 Å². The van der Waals surface area contributed by atoms with Crippen LogP contribution in [0, 0.1) is 0 Å². The SMILES string of the molecule is CC(=O)Nc1ccc2c(c1)C(N1CCN(C(=O)c3ccc4[nH]ccc4c3)CC1)c1ccccc1-2. The molecule has 170 valence electrons. The number of hydrogen-bond acceptors (Lipinski definition) is 3. The normalized spacial score (nSPS) is 17.4. The van der Waals surface area contributed by atoms with E-state index in [1.807, 2.05) is 41.4 Å². The second-order valence-corrected chi connectivity index (χ2v) is 9.08. The van der Waals surface area contributed by atoms with Crippen LogP contribution >= 0.6 is 0 Å². The highest BCUT2D eigenvalue weighted by molar-refractivity contribution is 5.98. The largest absolute Gasteiger partial charge is 0.361 e. The monoisotopic (exact) mass is 450 g/mol. The Morgan fingerprint density at radius 2 is 1.68 bits per heavy atom. The Morgan fingerprint density at radius 3 is 2.50 bits per heavy atom. The zero-order valence-corrected chi connectivity index (χ0v) is 19.0. The molecule has 0 saturated carbocycles. The van der Waals surface area contributed by atoms with Gasteiger partial charge in [0.15, 0.2) is 0 Å². The first-order valence-corrected chi connectivity index (χ1v) is 11.7. The molecular formula is C28H26N4O2. The molecule has 0 spiro atoms. The molecule has 1 unspecified atom stereocenters. The van der Waals surface area contributed by atoms with Crippen molar-refractivity contribution in [2.75, 3.05) is 31.5 Å². The molecule has 2 amide bonds. The lowest BCUT2D eigenvalue weighted by atomic mass is 10.0. The average molecular weight is 451 g/mol. The predicted molar refractivity (Wildman–Crippen MR) is 134 cm³/mol. The van der Waals surface area contributed by atoms with Crippen molar-refractivity contribution in [2.24, 2.45) is 0 Å². The first kappa shape index (κ1) is 20.7. The fraction of sp³-hybridized carbons (Fsp3) is 0.214. The van der Waals surface area contributed by atoms with Crippen molar-refractivity contribution in [3.05, 3.63) is 89.6 Å². The van der Waals surface area contributed by atoms with Crippen LogP contribution in [0.2, 0.25) is 0 Å². The third kappa shape index (κ3) is 3.47. The van der Waals surface area contributed by atoms with Gasteiger partial charge in [0, 0.05) is 61.5 Å². The topological polar surface area (TPSA) is 68.4 Å². The van der Waals surface area contributed by atoms with E-state index in [2.05, 4.69) is 51.6 Å². The second kappa shape index (κ2) is 8.15. The Balaban J connectivity index is 1.25. The van der Waals surface area contributed by atoms with Crippen LogP contribution in [0.5, 0.6) is 0 Å². The summed E-state index contributed by atoms with van der Waals surface area (Å²) in [5, 5.41) is 3.98. The molecule has 3 aromatic carbocycles. The average Bonchev–Trinajstić information content (AvgIpc) is 3.45. The molecule has 1 aliphatic heterocycles. The minimum absolute atomic E-state index is 0.0723.